The number of hydrogen-bond donors (Lipinski definition) is 2. The first-order valence-electron chi connectivity index (χ1n) is 10.7. The third kappa shape index (κ3) is 4.83. The summed E-state index contributed by atoms with van der Waals surface area (Å²) in [5, 5.41) is 4.12. The highest BCUT2D eigenvalue weighted by atomic mass is 32.2. The average molecular weight is 498 g/mol. The number of nitrogens with one attached hydrogen (secondary N) is 2. The van der Waals surface area contributed by atoms with Crippen LogP contribution in [0.2, 0.25) is 0 Å². The van der Waals surface area contributed by atoms with Gasteiger partial charge in [-0.1, -0.05) is 6.07 Å². The van der Waals surface area contributed by atoms with E-state index in [-0.39, 0.29) is 11.3 Å². The van der Waals surface area contributed by atoms with Crippen LogP contribution in [0.1, 0.15) is 5.56 Å². The molecular formula is C25H27N3O6S. The van der Waals surface area contributed by atoms with Gasteiger partial charge in [0.15, 0.2) is 21.3 Å². The Hall–Kier alpha value is -3.92. The van der Waals surface area contributed by atoms with E-state index in [9.17, 15) is 13.2 Å². The highest BCUT2D eigenvalue weighted by molar-refractivity contribution is 7.89. The summed E-state index contributed by atoms with van der Waals surface area (Å²) in [5.41, 5.74) is 3.84. The number of nitrogens with zero attached hydrogens (tertiary/aromatic N) is 1. The lowest BCUT2D eigenvalue weighted by Gasteiger charge is -2.18. The van der Waals surface area contributed by atoms with E-state index in [0.717, 1.165) is 16.5 Å². The van der Waals surface area contributed by atoms with Crippen LogP contribution in [0.3, 0.4) is 0 Å². The average Bonchev–Trinajstić information content (AvgIpc) is 3.31. The first-order valence-corrected chi connectivity index (χ1v) is 12.8. The molecule has 2 N–H and O–H groups in total. The van der Waals surface area contributed by atoms with E-state index in [1.165, 1.54) is 17.9 Å². The van der Waals surface area contributed by atoms with Gasteiger partial charge in [-0.15, -0.1) is 0 Å². The van der Waals surface area contributed by atoms with Gasteiger partial charge < -0.3 is 29.1 Å². The maximum absolute atomic E-state index is 12.6. The zero-order chi connectivity index (χ0) is 25.3. The van der Waals surface area contributed by atoms with E-state index in [4.69, 9.17) is 14.2 Å². The number of pyridine rings is 1. The third-order valence-electron chi connectivity index (χ3n) is 5.64. The number of aryl methyl sites for hydroxylation is 1. The zero-order valence-corrected chi connectivity index (χ0v) is 20.9. The predicted octanol–water partition coefficient (Wildman–Crippen LogP) is 3.85. The van der Waals surface area contributed by atoms with Gasteiger partial charge >= 0.3 is 0 Å². The molecule has 35 heavy (non-hydrogen) atoms. The van der Waals surface area contributed by atoms with Gasteiger partial charge in [-0.05, 0) is 23.8 Å². The first kappa shape index (κ1) is 24.2. The summed E-state index contributed by atoms with van der Waals surface area (Å²) < 4.78 is 41.8. The number of methoxy groups -OCH3 is 3. The highest BCUT2D eigenvalue weighted by Gasteiger charge is 2.18. The van der Waals surface area contributed by atoms with Gasteiger partial charge in [0.1, 0.15) is 5.52 Å². The van der Waals surface area contributed by atoms with Crippen molar-refractivity contribution in [2.45, 2.75) is 5.75 Å². The van der Waals surface area contributed by atoms with E-state index in [0.29, 0.717) is 39.7 Å². The highest BCUT2D eigenvalue weighted by Crippen LogP contribution is 2.42. The first-order chi connectivity index (χ1) is 16.6. The molecule has 0 saturated heterocycles. The molecule has 0 atom stereocenters. The molecule has 0 aliphatic rings. The van der Waals surface area contributed by atoms with Crippen LogP contribution < -0.4 is 25.1 Å². The Labute approximate surface area is 203 Å². The van der Waals surface area contributed by atoms with Gasteiger partial charge in [0.2, 0.25) is 5.75 Å². The molecule has 0 amide bonds. The molecule has 0 aliphatic carbocycles. The summed E-state index contributed by atoms with van der Waals surface area (Å²) in [6.07, 6.45) is 4.66. The lowest BCUT2D eigenvalue weighted by Crippen LogP contribution is -2.16. The van der Waals surface area contributed by atoms with Gasteiger partial charge in [-0.25, -0.2) is 8.42 Å². The fraction of sp³-hybridized carbons (Fsp3) is 0.240. The van der Waals surface area contributed by atoms with Crippen LogP contribution in [0.25, 0.3) is 22.0 Å². The van der Waals surface area contributed by atoms with Gasteiger partial charge in [0.05, 0.1) is 27.1 Å². The monoisotopic (exact) mass is 497 g/mol. The Morgan fingerprint density at radius 2 is 1.66 bits per heavy atom. The lowest BCUT2D eigenvalue weighted by atomic mass is 9.99. The molecule has 4 aromatic rings. The maximum Gasteiger partial charge on any atom is 0.274 e. The van der Waals surface area contributed by atoms with Gasteiger partial charge in [0, 0.05) is 65.7 Å². The Bertz CT molecular complexity index is 1550. The Morgan fingerprint density at radius 3 is 2.26 bits per heavy atom. The third-order valence-corrected chi connectivity index (χ3v) is 6.50. The number of aromatic nitrogens is 2. The largest absolute Gasteiger partial charge is 0.493 e. The number of sulfone groups is 1. The number of H-pyrrole nitrogens is 1. The second-order valence-electron chi connectivity index (χ2n) is 8.21. The fourth-order valence-corrected chi connectivity index (χ4v) is 4.89. The van der Waals surface area contributed by atoms with Crippen molar-refractivity contribution in [3.63, 3.8) is 0 Å². The van der Waals surface area contributed by atoms with Crippen LogP contribution >= 0.6 is 0 Å². The number of benzene rings is 2. The van der Waals surface area contributed by atoms with Crippen molar-refractivity contribution in [2.75, 3.05) is 32.9 Å². The van der Waals surface area contributed by atoms with Crippen LogP contribution in [-0.2, 0) is 22.6 Å². The summed E-state index contributed by atoms with van der Waals surface area (Å²) in [7, 11) is 3.05. The molecule has 0 aliphatic heterocycles. The summed E-state index contributed by atoms with van der Waals surface area (Å²) >= 11 is 0. The number of hydrogen-bond acceptors (Lipinski definition) is 7. The minimum Gasteiger partial charge on any atom is -0.493 e. The zero-order valence-electron chi connectivity index (χ0n) is 20.1. The molecule has 0 unspecified atom stereocenters. The minimum absolute atomic E-state index is 0.105. The molecule has 9 nitrogen and oxygen atoms in total. The second kappa shape index (κ2) is 9.38. The number of anilines is 2. The van der Waals surface area contributed by atoms with Gasteiger partial charge in [0.25, 0.3) is 5.56 Å². The number of rotatable bonds is 8. The molecule has 10 heteroatoms. The number of ether oxygens (including phenoxy) is 3. The molecular weight excluding hydrogens is 470 g/mol. The molecule has 0 spiro atoms. The van der Waals surface area contributed by atoms with E-state index in [1.807, 2.05) is 18.2 Å². The van der Waals surface area contributed by atoms with Crippen molar-refractivity contribution < 1.29 is 22.6 Å². The normalized spacial score (nSPS) is 11.5. The smallest absolute Gasteiger partial charge is 0.274 e. The quantitative estimate of drug-likeness (QED) is 0.380. The summed E-state index contributed by atoms with van der Waals surface area (Å²) in [4.78, 5) is 15.6. The van der Waals surface area contributed by atoms with Crippen molar-refractivity contribution in [3.8, 4) is 28.4 Å². The van der Waals surface area contributed by atoms with Crippen LogP contribution in [-0.4, -0.2) is 45.6 Å². The Morgan fingerprint density at radius 1 is 0.971 bits per heavy atom. The molecule has 0 bridgehead atoms. The Kier molecular flexibility index (Phi) is 6.49. The van der Waals surface area contributed by atoms with Crippen LogP contribution in [0.4, 0.5) is 11.4 Å². The van der Waals surface area contributed by atoms with Gasteiger partial charge in [-0.3, -0.25) is 4.79 Å². The van der Waals surface area contributed by atoms with Gasteiger partial charge in [-0.2, -0.15) is 0 Å². The Balaban J connectivity index is 1.92. The SMILES string of the molecule is COc1cc(Nc2ccc(CS(C)(=O)=O)cc2-c2cn(C)c(=O)c3[nH]ccc23)cc(OC)c1OC. The van der Waals surface area contributed by atoms with Crippen LogP contribution in [0.15, 0.2) is 53.6 Å². The van der Waals surface area contributed by atoms with E-state index < -0.39 is 9.84 Å². The standard InChI is InChI=1S/C25H27N3O6S/c1-28-13-19(17-8-9-26-23(17)25(28)29)18-10-15(14-35(5,30)31)6-7-20(18)27-16-11-21(32-2)24(34-4)22(12-16)33-3/h6-13,26-27H,14H2,1-5H3. The molecule has 0 radical (unpaired) electrons. The van der Waals surface area contributed by atoms with Crippen LogP contribution in [0.5, 0.6) is 17.2 Å². The molecule has 0 saturated carbocycles. The molecule has 0 fully saturated rings. The summed E-state index contributed by atoms with van der Waals surface area (Å²) in [5.74, 6) is 1.34. The van der Waals surface area contributed by atoms with Crippen molar-refractivity contribution in [1.82, 2.24) is 9.55 Å². The molecule has 4 rings (SSSR count). The lowest BCUT2D eigenvalue weighted by molar-refractivity contribution is 0.324. The molecule has 2 aromatic carbocycles. The van der Waals surface area contributed by atoms with Crippen molar-refractivity contribution in [3.05, 3.63) is 64.7 Å². The van der Waals surface area contributed by atoms with Crippen molar-refractivity contribution >= 4 is 32.1 Å². The molecule has 184 valence electrons. The van der Waals surface area contributed by atoms with Crippen molar-refractivity contribution in [1.29, 1.82) is 0 Å². The number of aromatic amines is 1. The van der Waals surface area contributed by atoms with E-state index in [1.54, 1.807) is 51.9 Å². The van der Waals surface area contributed by atoms with E-state index >= 15 is 0 Å². The minimum atomic E-state index is -3.25. The summed E-state index contributed by atoms with van der Waals surface area (Å²) in [6.45, 7) is 0. The topological polar surface area (TPSA) is 112 Å². The predicted molar refractivity (Wildman–Crippen MR) is 137 cm³/mol. The molecule has 2 heterocycles. The van der Waals surface area contributed by atoms with Crippen molar-refractivity contribution in [2.24, 2.45) is 7.05 Å². The number of fused-ring (bicyclic) bond motifs is 1. The van der Waals surface area contributed by atoms with E-state index in [2.05, 4.69) is 10.3 Å². The van der Waals surface area contributed by atoms with Crippen LogP contribution in [0, 0.1) is 0 Å². The second-order valence-corrected chi connectivity index (χ2v) is 10.4. The molecule has 2 aromatic heterocycles. The fourth-order valence-electron chi connectivity index (χ4n) is 4.11. The summed E-state index contributed by atoms with van der Waals surface area (Å²) in [6, 6.07) is 10.8. The maximum atomic E-state index is 12.6.